The van der Waals surface area contributed by atoms with Crippen LogP contribution in [0.2, 0.25) is 0 Å². The summed E-state index contributed by atoms with van der Waals surface area (Å²) in [5.74, 6) is 0. The van der Waals surface area contributed by atoms with Gasteiger partial charge in [0.15, 0.2) is 5.13 Å². The first-order valence-corrected chi connectivity index (χ1v) is 6.78. The molecule has 4 nitrogen and oxygen atoms in total. The maximum absolute atomic E-state index is 4.56. The molecule has 0 fully saturated rings. The minimum atomic E-state index is 0.747. The van der Waals surface area contributed by atoms with E-state index in [0.717, 1.165) is 29.2 Å². The molecule has 0 amide bonds. The van der Waals surface area contributed by atoms with Crippen molar-refractivity contribution in [3.8, 4) is 0 Å². The van der Waals surface area contributed by atoms with Crippen LogP contribution in [-0.4, -0.2) is 15.2 Å². The van der Waals surface area contributed by atoms with Crippen LogP contribution in [0.4, 0.5) is 5.13 Å². The molecule has 3 rings (SSSR count). The predicted octanol–water partition coefficient (Wildman–Crippen LogP) is 3.19. The highest BCUT2D eigenvalue weighted by atomic mass is 32.1. The molecular weight excluding hydrogens is 244 g/mol. The second-order valence-electron chi connectivity index (χ2n) is 4.13. The van der Waals surface area contributed by atoms with E-state index in [2.05, 4.69) is 45.6 Å². The molecule has 0 spiro atoms. The summed E-state index contributed by atoms with van der Waals surface area (Å²) in [4.78, 5) is 4.56. The number of aryl methyl sites for hydroxylation is 1. The van der Waals surface area contributed by atoms with Gasteiger partial charge in [-0.3, -0.25) is 5.10 Å². The largest absolute Gasteiger partial charge is 0.357 e. The van der Waals surface area contributed by atoms with Crippen LogP contribution >= 0.6 is 11.3 Å². The lowest BCUT2D eigenvalue weighted by atomic mass is 10.2. The van der Waals surface area contributed by atoms with Crippen molar-refractivity contribution in [1.82, 2.24) is 15.2 Å². The molecule has 0 aliphatic heterocycles. The average molecular weight is 258 g/mol. The van der Waals surface area contributed by atoms with E-state index in [4.69, 9.17) is 0 Å². The fraction of sp³-hybridized carbons (Fsp3) is 0.231. The fourth-order valence-electron chi connectivity index (χ4n) is 1.82. The smallest absolute Gasteiger partial charge is 0.184 e. The SMILES string of the molecule is CCc1ccc2nc(NCc3cn[nH]c3)sc2c1. The predicted molar refractivity (Wildman–Crippen MR) is 74.9 cm³/mol. The number of nitrogens with zero attached hydrogens (tertiary/aromatic N) is 2. The summed E-state index contributed by atoms with van der Waals surface area (Å²) in [5.41, 5.74) is 3.54. The number of nitrogens with one attached hydrogen (secondary N) is 2. The van der Waals surface area contributed by atoms with E-state index < -0.39 is 0 Å². The molecule has 0 unspecified atom stereocenters. The van der Waals surface area contributed by atoms with Gasteiger partial charge in [0.1, 0.15) is 0 Å². The normalized spacial score (nSPS) is 10.9. The maximum Gasteiger partial charge on any atom is 0.184 e. The van der Waals surface area contributed by atoms with E-state index in [0.29, 0.717) is 0 Å². The van der Waals surface area contributed by atoms with Crippen LogP contribution in [0.1, 0.15) is 18.1 Å². The van der Waals surface area contributed by atoms with Gasteiger partial charge in [-0.1, -0.05) is 24.3 Å². The van der Waals surface area contributed by atoms with Gasteiger partial charge in [-0.25, -0.2) is 4.98 Å². The van der Waals surface area contributed by atoms with Crippen molar-refractivity contribution in [2.45, 2.75) is 19.9 Å². The number of thiazole rings is 1. The van der Waals surface area contributed by atoms with Gasteiger partial charge in [-0.15, -0.1) is 0 Å². The van der Waals surface area contributed by atoms with Crippen LogP contribution in [0.5, 0.6) is 0 Å². The van der Waals surface area contributed by atoms with E-state index in [-0.39, 0.29) is 0 Å². The monoisotopic (exact) mass is 258 g/mol. The van der Waals surface area contributed by atoms with Crippen LogP contribution in [-0.2, 0) is 13.0 Å². The summed E-state index contributed by atoms with van der Waals surface area (Å²) in [5, 5.41) is 11.0. The van der Waals surface area contributed by atoms with Gasteiger partial charge in [-0.2, -0.15) is 5.10 Å². The van der Waals surface area contributed by atoms with Gasteiger partial charge >= 0.3 is 0 Å². The molecule has 3 aromatic rings. The zero-order chi connectivity index (χ0) is 12.4. The number of benzene rings is 1. The zero-order valence-electron chi connectivity index (χ0n) is 10.1. The molecule has 5 heteroatoms. The topological polar surface area (TPSA) is 53.6 Å². The van der Waals surface area contributed by atoms with Gasteiger partial charge in [0.05, 0.1) is 16.4 Å². The standard InChI is InChI=1S/C13H14N4S/c1-2-9-3-4-11-12(5-9)18-13(17-11)14-6-10-7-15-16-8-10/h3-5,7-8H,2,6H2,1H3,(H,14,17)(H,15,16). The Morgan fingerprint density at radius 2 is 2.28 bits per heavy atom. The summed E-state index contributed by atoms with van der Waals surface area (Å²) in [6, 6.07) is 6.45. The van der Waals surface area contributed by atoms with Crippen LogP contribution in [0.15, 0.2) is 30.6 Å². The second-order valence-corrected chi connectivity index (χ2v) is 5.17. The number of fused-ring (bicyclic) bond motifs is 1. The summed E-state index contributed by atoms with van der Waals surface area (Å²) in [7, 11) is 0. The Balaban J connectivity index is 1.80. The van der Waals surface area contributed by atoms with E-state index in [1.165, 1.54) is 10.3 Å². The van der Waals surface area contributed by atoms with Gasteiger partial charge in [0.25, 0.3) is 0 Å². The van der Waals surface area contributed by atoms with E-state index in [1.807, 2.05) is 12.4 Å². The maximum atomic E-state index is 4.56. The van der Waals surface area contributed by atoms with Gasteiger partial charge < -0.3 is 5.32 Å². The number of rotatable bonds is 4. The molecule has 92 valence electrons. The molecule has 0 aliphatic rings. The summed E-state index contributed by atoms with van der Waals surface area (Å²) in [6.07, 6.45) is 4.76. The van der Waals surface area contributed by atoms with Crippen molar-refractivity contribution in [2.24, 2.45) is 0 Å². The lowest BCUT2D eigenvalue weighted by Gasteiger charge is -1.97. The minimum absolute atomic E-state index is 0.747. The highest BCUT2D eigenvalue weighted by molar-refractivity contribution is 7.22. The van der Waals surface area contributed by atoms with Crippen molar-refractivity contribution in [3.05, 3.63) is 41.7 Å². The quantitative estimate of drug-likeness (QED) is 0.755. The lowest BCUT2D eigenvalue weighted by Crippen LogP contribution is -1.96. The number of H-pyrrole nitrogens is 1. The Labute approximate surface area is 109 Å². The van der Waals surface area contributed by atoms with Crippen LogP contribution in [0.3, 0.4) is 0 Å². The Bertz CT molecular complexity index is 642. The number of anilines is 1. The Morgan fingerprint density at radius 3 is 3.06 bits per heavy atom. The highest BCUT2D eigenvalue weighted by Gasteiger charge is 2.04. The molecule has 0 bridgehead atoms. The van der Waals surface area contributed by atoms with E-state index in [1.54, 1.807) is 11.3 Å². The van der Waals surface area contributed by atoms with E-state index in [9.17, 15) is 0 Å². The molecule has 0 radical (unpaired) electrons. The van der Waals surface area contributed by atoms with Crippen LogP contribution < -0.4 is 5.32 Å². The van der Waals surface area contributed by atoms with Crippen molar-refractivity contribution < 1.29 is 0 Å². The third-order valence-electron chi connectivity index (χ3n) is 2.86. The third-order valence-corrected chi connectivity index (χ3v) is 3.84. The van der Waals surface area contributed by atoms with Gasteiger partial charge in [0.2, 0.25) is 0 Å². The van der Waals surface area contributed by atoms with Crippen molar-refractivity contribution in [1.29, 1.82) is 0 Å². The highest BCUT2D eigenvalue weighted by Crippen LogP contribution is 2.27. The fourth-order valence-corrected chi connectivity index (χ4v) is 2.74. The molecule has 0 atom stereocenters. The van der Waals surface area contributed by atoms with Crippen LogP contribution in [0.25, 0.3) is 10.2 Å². The molecule has 2 aromatic heterocycles. The first kappa shape index (κ1) is 11.2. The van der Waals surface area contributed by atoms with Crippen molar-refractivity contribution in [3.63, 3.8) is 0 Å². The first-order valence-electron chi connectivity index (χ1n) is 5.96. The van der Waals surface area contributed by atoms with Crippen molar-refractivity contribution >= 4 is 26.7 Å². The van der Waals surface area contributed by atoms with Gasteiger partial charge in [-0.05, 0) is 24.1 Å². The first-order chi connectivity index (χ1) is 8.85. The Morgan fingerprint density at radius 1 is 1.33 bits per heavy atom. The minimum Gasteiger partial charge on any atom is -0.357 e. The molecule has 18 heavy (non-hydrogen) atoms. The number of aromatic amines is 1. The lowest BCUT2D eigenvalue weighted by molar-refractivity contribution is 1.09. The molecule has 1 aromatic carbocycles. The Hall–Kier alpha value is -1.88. The summed E-state index contributed by atoms with van der Waals surface area (Å²) >= 11 is 1.70. The molecule has 0 saturated heterocycles. The number of hydrogen-bond acceptors (Lipinski definition) is 4. The van der Waals surface area contributed by atoms with Gasteiger partial charge in [0, 0.05) is 18.3 Å². The molecular formula is C13H14N4S. The third kappa shape index (κ3) is 2.22. The molecule has 2 N–H and O–H groups in total. The number of aromatic nitrogens is 3. The Kier molecular flexibility index (Phi) is 2.98. The number of hydrogen-bond donors (Lipinski definition) is 2. The summed E-state index contributed by atoms with van der Waals surface area (Å²) < 4.78 is 1.24. The zero-order valence-corrected chi connectivity index (χ0v) is 10.9. The van der Waals surface area contributed by atoms with Crippen molar-refractivity contribution in [2.75, 3.05) is 5.32 Å². The summed E-state index contributed by atoms with van der Waals surface area (Å²) in [6.45, 7) is 2.91. The molecule has 0 aliphatic carbocycles. The second kappa shape index (κ2) is 4.78. The molecule has 0 saturated carbocycles. The van der Waals surface area contributed by atoms with Crippen LogP contribution in [0, 0.1) is 0 Å². The molecule has 2 heterocycles. The van der Waals surface area contributed by atoms with E-state index >= 15 is 0 Å². The average Bonchev–Trinajstić information content (AvgIpc) is 3.04.